The molecule has 0 aromatic heterocycles. The first kappa shape index (κ1) is 16.8. The molecular formula is C12H21F2NO3. The molecule has 1 N–H and O–H groups in total. The maximum Gasteiger partial charge on any atom is 0.328 e. The number of carbonyl (C=O) groups is 2. The number of hydrogen-bond donors (Lipinski definition) is 1. The minimum atomic E-state index is -3.07. The number of hydrogen-bond acceptors (Lipinski definition) is 3. The zero-order valence-electron chi connectivity index (χ0n) is 11.5. The smallest absolute Gasteiger partial charge is 0.328 e. The lowest BCUT2D eigenvalue weighted by molar-refractivity contribution is -0.157. The van der Waals surface area contributed by atoms with Gasteiger partial charge in [-0.2, -0.15) is 0 Å². The summed E-state index contributed by atoms with van der Waals surface area (Å²) >= 11 is 0. The van der Waals surface area contributed by atoms with Crippen molar-refractivity contribution in [2.24, 2.45) is 5.41 Å². The Morgan fingerprint density at radius 2 is 1.78 bits per heavy atom. The van der Waals surface area contributed by atoms with Gasteiger partial charge in [0.15, 0.2) is 6.61 Å². The summed E-state index contributed by atoms with van der Waals surface area (Å²) in [6, 6.07) is -0.939. The fourth-order valence-electron chi connectivity index (χ4n) is 0.934. The Bertz CT molecular complexity index is 311. The minimum absolute atomic E-state index is 0.308. The second-order valence-corrected chi connectivity index (χ2v) is 5.11. The third kappa shape index (κ3) is 5.93. The van der Waals surface area contributed by atoms with E-state index >= 15 is 0 Å². The Hall–Kier alpha value is -1.20. The average Bonchev–Trinajstić information content (AvgIpc) is 2.24. The molecule has 6 heteroatoms. The Balaban J connectivity index is 4.29. The number of carbonyl (C=O) groups excluding carboxylic acids is 2. The van der Waals surface area contributed by atoms with Crippen LogP contribution in [0.25, 0.3) is 0 Å². The SMILES string of the molecule is CCC(C)(C)C(=O)NC(C)C(=O)OCC(C)(F)F. The van der Waals surface area contributed by atoms with Crippen molar-refractivity contribution in [3.8, 4) is 0 Å². The molecule has 0 heterocycles. The van der Waals surface area contributed by atoms with Gasteiger partial charge in [0, 0.05) is 12.3 Å². The lowest BCUT2D eigenvalue weighted by Gasteiger charge is -2.24. The van der Waals surface area contributed by atoms with Gasteiger partial charge in [-0.1, -0.05) is 20.8 Å². The Labute approximate surface area is 106 Å². The molecule has 4 nitrogen and oxygen atoms in total. The van der Waals surface area contributed by atoms with E-state index in [4.69, 9.17) is 0 Å². The van der Waals surface area contributed by atoms with Gasteiger partial charge in [0.2, 0.25) is 5.91 Å². The predicted molar refractivity (Wildman–Crippen MR) is 63.3 cm³/mol. The van der Waals surface area contributed by atoms with E-state index < -0.39 is 30.0 Å². The highest BCUT2D eigenvalue weighted by Crippen LogP contribution is 2.19. The Kier molecular flexibility index (Phi) is 5.70. The van der Waals surface area contributed by atoms with E-state index in [0.29, 0.717) is 13.3 Å². The van der Waals surface area contributed by atoms with Crippen molar-refractivity contribution in [1.29, 1.82) is 0 Å². The van der Waals surface area contributed by atoms with Crippen LogP contribution in [0.3, 0.4) is 0 Å². The first-order chi connectivity index (χ1) is 7.99. The van der Waals surface area contributed by atoms with E-state index in [9.17, 15) is 18.4 Å². The van der Waals surface area contributed by atoms with Crippen LogP contribution in [-0.2, 0) is 14.3 Å². The van der Waals surface area contributed by atoms with Crippen LogP contribution in [0.1, 0.15) is 41.0 Å². The summed E-state index contributed by atoms with van der Waals surface area (Å²) in [5.41, 5.74) is -0.608. The molecule has 0 aromatic carbocycles. The Morgan fingerprint density at radius 1 is 1.28 bits per heavy atom. The molecule has 0 aliphatic carbocycles. The number of rotatable bonds is 6. The van der Waals surface area contributed by atoms with E-state index in [1.807, 2.05) is 6.92 Å². The van der Waals surface area contributed by atoms with Gasteiger partial charge < -0.3 is 10.1 Å². The molecule has 0 rings (SSSR count). The molecule has 1 atom stereocenters. The summed E-state index contributed by atoms with van der Waals surface area (Å²) < 4.78 is 29.4. The Morgan fingerprint density at radius 3 is 2.17 bits per heavy atom. The normalized spacial score (nSPS) is 13.9. The second-order valence-electron chi connectivity index (χ2n) is 5.11. The lowest BCUT2D eigenvalue weighted by Crippen LogP contribution is -2.46. The summed E-state index contributed by atoms with van der Waals surface area (Å²) in [7, 11) is 0. The van der Waals surface area contributed by atoms with Gasteiger partial charge in [0.05, 0.1) is 0 Å². The highest BCUT2D eigenvalue weighted by atomic mass is 19.3. The van der Waals surface area contributed by atoms with Crippen molar-refractivity contribution in [2.45, 2.75) is 53.0 Å². The number of nitrogens with one attached hydrogen (secondary N) is 1. The largest absolute Gasteiger partial charge is 0.458 e. The topological polar surface area (TPSA) is 55.4 Å². The van der Waals surface area contributed by atoms with Crippen LogP contribution < -0.4 is 5.32 Å². The third-order valence-electron chi connectivity index (χ3n) is 2.67. The van der Waals surface area contributed by atoms with Gasteiger partial charge in [-0.25, -0.2) is 13.6 Å². The van der Waals surface area contributed by atoms with Crippen LogP contribution in [-0.4, -0.2) is 30.4 Å². The summed E-state index contributed by atoms with van der Waals surface area (Å²) in [5.74, 6) is -4.24. The molecular weight excluding hydrogens is 244 g/mol. The number of halogens is 2. The summed E-state index contributed by atoms with van der Waals surface area (Å²) in [4.78, 5) is 23.1. The fraction of sp³-hybridized carbons (Fsp3) is 0.833. The van der Waals surface area contributed by atoms with Crippen LogP contribution in [0.15, 0.2) is 0 Å². The zero-order valence-corrected chi connectivity index (χ0v) is 11.5. The van der Waals surface area contributed by atoms with E-state index in [-0.39, 0.29) is 5.91 Å². The summed E-state index contributed by atoms with van der Waals surface area (Å²) in [6.45, 7) is 6.40. The molecule has 0 aliphatic rings. The average molecular weight is 265 g/mol. The number of esters is 1. The first-order valence-corrected chi connectivity index (χ1v) is 5.85. The van der Waals surface area contributed by atoms with Gasteiger partial charge >= 0.3 is 5.97 Å². The highest BCUT2D eigenvalue weighted by molar-refractivity contribution is 5.87. The van der Waals surface area contributed by atoms with Crippen LogP contribution in [0.5, 0.6) is 0 Å². The molecule has 0 fully saturated rings. The molecule has 1 unspecified atom stereocenters. The van der Waals surface area contributed by atoms with Gasteiger partial charge in [0.25, 0.3) is 5.92 Å². The van der Waals surface area contributed by atoms with Gasteiger partial charge in [-0.15, -0.1) is 0 Å². The third-order valence-corrected chi connectivity index (χ3v) is 2.67. The summed E-state index contributed by atoms with van der Waals surface area (Å²) in [6.07, 6.45) is 0.605. The molecule has 0 radical (unpaired) electrons. The van der Waals surface area contributed by atoms with Crippen molar-refractivity contribution in [3.05, 3.63) is 0 Å². The first-order valence-electron chi connectivity index (χ1n) is 5.85. The van der Waals surface area contributed by atoms with E-state index in [0.717, 1.165) is 0 Å². The second kappa shape index (κ2) is 6.11. The lowest BCUT2D eigenvalue weighted by atomic mass is 9.89. The zero-order chi connectivity index (χ0) is 14.6. The molecule has 106 valence electrons. The van der Waals surface area contributed by atoms with Crippen molar-refractivity contribution < 1.29 is 23.1 Å². The predicted octanol–water partition coefficient (Wildman–Crippen LogP) is 2.13. The van der Waals surface area contributed by atoms with Crippen LogP contribution in [0.4, 0.5) is 8.78 Å². The maximum atomic E-state index is 12.5. The molecule has 0 saturated carbocycles. The van der Waals surface area contributed by atoms with Crippen LogP contribution in [0.2, 0.25) is 0 Å². The van der Waals surface area contributed by atoms with Gasteiger partial charge in [0.1, 0.15) is 6.04 Å². The molecule has 0 aliphatic heterocycles. The molecule has 0 bridgehead atoms. The highest BCUT2D eigenvalue weighted by Gasteiger charge is 2.30. The number of amides is 1. The van der Waals surface area contributed by atoms with Crippen molar-refractivity contribution >= 4 is 11.9 Å². The molecule has 0 aromatic rings. The van der Waals surface area contributed by atoms with Crippen LogP contribution in [0, 0.1) is 5.41 Å². The minimum Gasteiger partial charge on any atom is -0.458 e. The van der Waals surface area contributed by atoms with Gasteiger partial charge in [-0.05, 0) is 13.3 Å². The van der Waals surface area contributed by atoms with E-state index in [1.165, 1.54) is 6.92 Å². The molecule has 18 heavy (non-hydrogen) atoms. The monoisotopic (exact) mass is 265 g/mol. The number of alkyl halides is 2. The number of ether oxygens (including phenoxy) is 1. The molecule has 1 amide bonds. The molecule has 0 spiro atoms. The summed E-state index contributed by atoms with van der Waals surface area (Å²) in [5, 5.41) is 2.45. The standard InChI is InChI=1S/C12H21F2NO3/c1-6-11(3,4)10(17)15-8(2)9(16)18-7-12(5,13)14/h8H,6-7H2,1-5H3,(H,15,17). The van der Waals surface area contributed by atoms with Crippen molar-refractivity contribution in [3.63, 3.8) is 0 Å². The molecule has 0 saturated heterocycles. The quantitative estimate of drug-likeness (QED) is 0.748. The maximum absolute atomic E-state index is 12.5. The van der Waals surface area contributed by atoms with E-state index in [2.05, 4.69) is 10.1 Å². The van der Waals surface area contributed by atoms with Crippen molar-refractivity contribution in [1.82, 2.24) is 5.32 Å². The van der Waals surface area contributed by atoms with E-state index in [1.54, 1.807) is 13.8 Å². The van der Waals surface area contributed by atoms with Crippen LogP contribution >= 0.6 is 0 Å². The fourth-order valence-corrected chi connectivity index (χ4v) is 0.934. The van der Waals surface area contributed by atoms with Gasteiger partial charge in [-0.3, -0.25) is 4.79 Å². The van der Waals surface area contributed by atoms with Crippen molar-refractivity contribution in [2.75, 3.05) is 6.61 Å².